The van der Waals surface area contributed by atoms with Crippen molar-refractivity contribution < 1.29 is 14.6 Å². The molecule has 2 fully saturated rings. The molecule has 1 aromatic heterocycles. The third kappa shape index (κ3) is 2.85. The standard InChI is InChI=1S/C20H26N2O3/c1-12-13(2)21-17-7-6-14(10-16(12)17)20(24)22-8-9-25-11-18(22)15-4-3-5-19(15)23/h6-7,10,15,18-19,21,23H,3-5,8-9,11H2,1-2H3. The second kappa shape index (κ2) is 6.46. The van der Waals surface area contributed by atoms with E-state index in [2.05, 4.69) is 18.8 Å². The van der Waals surface area contributed by atoms with Crippen molar-refractivity contribution in [2.24, 2.45) is 5.92 Å². The number of aliphatic hydroxyl groups excluding tert-OH is 1. The SMILES string of the molecule is Cc1[nH]c2ccc(C(=O)N3CCOCC3C3CCCC3O)cc2c1C. The number of nitrogens with zero attached hydrogens (tertiary/aromatic N) is 1. The first-order chi connectivity index (χ1) is 12.1. The van der Waals surface area contributed by atoms with E-state index in [9.17, 15) is 9.90 Å². The summed E-state index contributed by atoms with van der Waals surface area (Å²) in [5.41, 5.74) is 4.11. The van der Waals surface area contributed by atoms with Crippen LogP contribution in [0.4, 0.5) is 0 Å². The number of morpholine rings is 1. The van der Waals surface area contributed by atoms with Crippen molar-refractivity contribution in [3.8, 4) is 0 Å². The third-order valence-corrected chi connectivity index (χ3v) is 6.01. The minimum atomic E-state index is -0.320. The highest BCUT2D eigenvalue weighted by atomic mass is 16.5. The van der Waals surface area contributed by atoms with Crippen LogP contribution in [0.5, 0.6) is 0 Å². The van der Waals surface area contributed by atoms with Gasteiger partial charge in [0, 0.05) is 34.6 Å². The maximum absolute atomic E-state index is 13.2. The van der Waals surface area contributed by atoms with Crippen LogP contribution in [0.2, 0.25) is 0 Å². The Kier molecular flexibility index (Phi) is 4.29. The molecule has 2 aromatic rings. The lowest BCUT2D eigenvalue weighted by Gasteiger charge is -2.40. The van der Waals surface area contributed by atoms with Gasteiger partial charge < -0.3 is 19.7 Å². The second-order valence-corrected chi connectivity index (χ2v) is 7.44. The topological polar surface area (TPSA) is 65.6 Å². The normalized spacial score (nSPS) is 27.2. The van der Waals surface area contributed by atoms with E-state index in [1.165, 1.54) is 5.56 Å². The van der Waals surface area contributed by atoms with Gasteiger partial charge in [-0.05, 0) is 50.5 Å². The fourth-order valence-electron chi connectivity index (χ4n) is 4.41. The number of amides is 1. The van der Waals surface area contributed by atoms with E-state index in [1.807, 2.05) is 23.1 Å². The van der Waals surface area contributed by atoms with Crippen LogP contribution >= 0.6 is 0 Å². The number of aromatic amines is 1. The van der Waals surface area contributed by atoms with Crippen LogP contribution in [-0.4, -0.2) is 52.8 Å². The predicted octanol–water partition coefficient (Wildman–Crippen LogP) is 2.79. The molecule has 0 radical (unpaired) electrons. The van der Waals surface area contributed by atoms with Gasteiger partial charge in [-0.3, -0.25) is 4.79 Å². The van der Waals surface area contributed by atoms with Crippen molar-refractivity contribution >= 4 is 16.8 Å². The number of fused-ring (bicyclic) bond motifs is 1. The lowest BCUT2D eigenvalue weighted by molar-refractivity contribution is -0.0383. The van der Waals surface area contributed by atoms with Gasteiger partial charge in [0.15, 0.2) is 0 Å². The first-order valence-corrected chi connectivity index (χ1v) is 9.22. The molecule has 4 rings (SSSR count). The van der Waals surface area contributed by atoms with Crippen molar-refractivity contribution in [3.05, 3.63) is 35.0 Å². The molecular weight excluding hydrogens is 316 g/mol. The number of carbonyl (C=O) groups is 1. The van der Waals surface area contributed by atoms with Gasteiger partial charge in [0.25, 0.3) is 5.91 Å². The molecule has 1 aliphatic heterocycles. The summed E-state index contributed by atoms with van der Waals surface area (Å²) in [6, 6.07) is 5.86. The number of hydrogen-bond acceptors (Lipinski definition) is 3. The number of hydrogen-bond donors (Lipinski definition) is 2. The number of aryl methyl sites for hydroxylation is 2. The molecule has 5 nitrogen and oxygen atoms in total. The first kappa shape index (κ1) is 16.6. The van der Waals surface area contributed by atoms with Gasteiger partial charge >= 0.3 is 0 Å². The molecule has 2 N–H and O–H groups in total. The molecule has 1 saturated carbocycles. The Bertz CT molecular complexity index is 798. The smallest absolute Gasteiger partial charge is 0.254 e. The van der Waals surface area contributed by atoms with E-state index in [-0.39, 0.29) is 24.0 Å². The number of carbonyl (C=O) groups excluding carboxylic acids is 1. The van der Waals surface area contributed by atoms with E-state index >= 15 is 0 Å². The van der Waals surface area contributed by atoms with Crippen molar-refractivity contribution in [2.45, 2.75) is 45.3 Å². The molecule has 5 heteroatoms. The Morgan fingerprint density at radius 3 is 2.92 bits per heavy atom. The summed E-state index contributed by atoms with van der Waals surface area (Å²) >= 11 is 0. The average Bonchev–Trinajstić information content (AvgIpc) is 3.17. The summed E-state index contributed by atoms with van der Waals surface area (Å²) in [4.78, 5) is 18.5. The highest BCUT2D eigenvalue weighted by Gasteiger charge is 2.39. The first-order valence-electron chi connectivity index (χ1n) is 9.22. The summed E-state index contributed by atoms with van der Waals surface area (Å²) in [5.74, 6) is 0.178. The number of aliphatic hydroxyl groups is 1. The zero-order chi connectivity index (χ0) is 17.6. The monoisotopic (exact) mass is 342 g/mol. The quantitative estimate of drug-likeness (QED) is 0.882. The third-order valence-electron chi connectivity index (χ3n) is 6.01. The van der Waals surface area contributed by atoms with Gasteiger partial charge in [-0.1, -0.05) is 6.42 Å². The maximum Gasteiger partial charge on any atom is 0.254 e. The summed E-state index contributed by atoms with van der Waals surface area (Å²) in [5, 5.41) is 11.4. The summed E-state index contributed by atoms with van der Waals surface area (Å²) < 4.78 is 5.64. The fourth-order valence-corrected chi connectivity index (χ4v) is 4.41. The molecular formula is C20H26N2O3. The van der Waals surface area contributed by atoms with Crippen LogP contribution in [0.1, 0.15) is 40.9 Å². The molecule has 0 bridgehead atoms. The number of ether oxygens (including phenoxy) is 1. The average molecular weight is 342 g/mol. The van der Waals surface area contributed by atoms with Gasteiger partial charge in [0.2, 0.25) is 0 Å². The van der Waals surface area contributed by atoms with E-state index in [1.54, 1.807) is 0 Å². The molecule has 1 aromatic carbocycles. The lowest BCUT2D eigenvalue weighted by atomic mass is 9.93. The molecule has 1 aliphatic carbocycles. The number of benzene rings is 1. The molecule has 1 amide bonds. The van der Waals surface area contributed by atoms with Crippen molar-refractivity contribution in [1.82, 2.24) is 9.88 Å². The highest BCUT2D eigenvalue weighted by Crippen LogP contribution is 2.33. The van der Waals surface area contributed by atoms with Crippen LogP contribution in [0.25, 0.3) is 10.9 Å². The van der Waals surface area contributed by atoms with Crippen molar-refractivity contribution in [2.75, 3.05) is 19.8 Å². The molecule has 134 valence electrons. The largest absolute Gasteiger partial charge is 0.393 e. The zero-order valence-electron chi connectivity index (χ0n) is 14.9. The molecule has 25 heavy (non-hydrogen) atoms. The predicted molar refractivity (Wildman–Crippen MR) is 96.8 cm³/mol. The van der Waals surface area contributed by atoms with E-state index < -0.39 is 0 Å². The van der Waals surface area contributed by atoms with Gasteiger partial charge in [-0.2, -0.15) is 0 Å². The van der Waals surface area contributed by atoms with Crippen LogP contribution in [0, 0.1) is 19.8 Å². The van der Waals surface area contributed by atoms with E-state index in [4.69, 9.17) is 4.74 Å². The highest BCUT2D eigenvalue weighted by molar-refractivity contribution is 5.99. The lowest BCUT2D eigenvalue weighted by Crippen LogP contribution is -2.53. The Balaban J connectivity index is 1.65. The van der Waals surface area contributed by atoms with Crippen molar-refractivity contribution in [1.29, 1.82) is 0 Å². The van der Waals surface area contributed by atoms with Crippen LogP contribution < -0.4 is 0 Å². The van der Waals surface area contributed by atoms with Crippen LogP contribution in [-0.2, 0) is 4.74 Å². The van der Waals surface area contributed by atoms with E-state index in [0.717, 1.165) is 35.9 Å². The number of H-pyrrole nitrogens is 1. The fraction of sp³-hybridized carbons (Fsp3) is 0.550. The summed E-state index contributed by atoms with van der Waals surface area (Å²) in [7, 11) is 0. The van der Waals surface area contributed by atoms with Crippen molar-refractivity contribution in [3.63, 3.8) is 0 Å². The molecule has 3 unspecified atom stereocenters. The molecule has 1 saturated heterocycles. The molecule has 2 aliphatic rings. The number of nitrogens with one attached hydrogen (secondary N) is 1. The van der Waals surface area contributed by atoms with Gasteiger partial charge in [0.1, 0.15) is 0 Å². The van der Waals surface area contributed by atoms with Crippen LogP contribution in [0.3, 0.4) is 0 Å². The second-order valence-electron chi connectivity index (χ2n) is 7.44. The Morgan fingerprint density at radius 1 is 1.32 bits per heavy atom. The van der Waals surface area contributed by atoms with E-state index in [0.29, 0.717) is 25.3 Å². The van der Waals surface area contributed by atoms with Gasteiger partial charge in [0.05, 0.1) is 25.4 Å². The maximum atomic E-state index is 13.2. The minimum absolute atomic E-state index is 0.0245. The summed E-state index contributed by atoms with van der Waals surface area (Å²) in [6.07, 6.45) is 2.50. The Labute approximate surface area is 148 Å². The van der Waals surface area contributed by atoms with Gasteiger partial charge in [-0.15, -0.1) is 0 Å². The minimum Gasteiger partial charge on any atom is -0.393 e. The molecule has 2 heterocycles. The molecule has 0 spiro atoms. The Morgan fingerprint density at radius 2 is 2.16 bits per heavy atom. The Hall–Kier alpha value is -1.85. The van der Waals surface area contributed by atoms with Gasteiger partial charge in [-0.25, -0.2) is 0 Å². The van der Waals surface area contributed by atoms with Crippen LogP contribution in [0.15, 0.2) is 18.2 Å². The number of rotatable bonds is 2. The molecule has 3 atom stereocenters. The number of aromatic nitrogens is 1. The summed E-state index contributed by atoms with van der Waals surface area (Å²) in [6.45, 7) is 5.81. The zero-order valence-corrected chi connectivity index (χ0v) is 14.9.